The third-order valence-corrected chi connectivity index (χ3v) is 4.16. The van der Waals surface area contributed by atoms with E-state index >= 15 is 0 Å². The monoisotopic (exact) mass is 317 g/mol. The fraction of sp³-hybridized carbons (Fsp3) is 0.538. The van der Waals surface area contributed by atoms with Gasteiger partial charge in [0.2, 0.25) is 0 Å². The van der Waals surface area contributed by atoms with E-state index in [1.165, 1.54) is 12.1 Å². The summed E-state index contributed by atoms with van der Waals surface area (Å²) in [6.45, 7) is 2.06. The highest BCUT2D eigenvalue weighted by Crippen LogP contribution is 2.30. The Morgan fingerprint density at radius 1 is 1.53 bits per heavy atom. The summed E-state index contributed by atoms with van der Waals surface area (Å²) in [6, 6.07) is 6.32. The first kappa shape index (κ1) is 13.2. The van der Waals surface area contributed by atoms with E-state index in [1.54, 1.807) is 7.11 Å². The second kappa shape index (κ2) is 6.07. The second-order valence-corrected chi connectivity index (χ2v) is 5.49. The maximum Gasteiger partial charge on any atom is 0.0746 e. The van der Waals surface area contributed by atoms with Crippen molar-refractivity contribution in [3.63, 3.8) is 0 Å². The third kappa shape index (κ3) is 3.15. The van der Waals surface area contributed by atoms with Gasteiger partial charge in [-0.1, -0.05) is 6.07 Å². The lowest BCUT2D eigenvalue weighted by atomic mass is 10.1. The average Bonchev–Trinajstić information content (AvgIpc) is 2.38. The minimum absolute atomic E-state index is 0.350. The standard InChI is InChI=1S/C13H17BrClNO/c1-17-11-3-2-6-16(9-11)13-5-4-10(8-15)7-12(13)14/h4-5,7,11H,2-3,6,8-9H2,1H3. The smallest absolute Gasteiger partial charge is 0.0746 e. The zero-order valence-corrected chi connectivity index (χ0v) is 12.3. The van der Waals surface area contributed by atoms with Gasteiger partial charge < -0.3 is 9.64 Å². The molecule has 0 spiro atoms. The molecule has 0 bridgehead atoms. The van der Waals surface area contributed by atoms with E-state index in [1.807, 2.05) is 0 Å². The highest BCUT2D eigenvalue weighted by molar-refractivity contribution is 9.10. The van der Waals surface area contributed by atoms with Gasteiger partial charge in [0.15, 0.2) is 0 Å². The van der Waals surface area contributed by atoms with E-state index < -0.39 is 0 Å². The summed E-state index contributed by atoms with van der Waals surface area (Å²) in [5.41, 5.74) is 2.38. The van der Waals surface area contributed by atoms with Gasteiger partial charge in [-0.3, -0.25) is 0 Å². The largest absolute Gasteiger partial charge is 0.380 e. The van der Waals surface area contributed by atoms with Gasteiger partial charge in [0.25, 0.3) is 0 Å². The molecular formula is C13H17BrClNO. The SMILES string of the molecule is COC1CCCN(c2ccc(CCl)cc2Br)C1. The molecule has 17 heavy (non-hydrogen) atoms. The van der Waals surface area contributed by atoms with Crippen molar-refractivity contribution in [2.75, 3.05) is 25.1 Å². The molecule has 0 aromatic heterocycles. The van der Waals surface area contributed by atoms with Crippen molar-refractivity contribution in [1.29, 1.82) is 0 Å². The number of benzene rings is 1. The van der Waals surface area contributed by atoms with Crippen LogP contribution >= 0.6 is 27.5 Å². The molecule has 1 aliphatic heterocycles. The second-order valence-electron chi connectivity index (χ2n) is 4.37. The Balaban J connectivity index is 2.16. The maximum absolute atomic E-state index is 5.83. The molecule has 1 aliphatic rings. The summed E-state index contributed by atoms with van der Waals surface area (Å²) in [5, 5.41) is 0. The summed E-state index contributed by atoms with van der Waals surface area (Å²) in [7, 11) is 1.79. The van der Waals surface area contributed by atoms with Crippen LogP contribution in [0.4, 0.5) is 5.69 Å². The molecule has 1 saturated heterocycles. The molecule has 2 rings (SSSR count). The summed E-state index contributed by atoms with van der Waals surface area (Å²) in [5.74, 6) is 0.555. The fourth-order valence-corrected chi connectivity index (χ4v) is 3.08. The van der Waals surface area contributed by atoms with Crippen LogP contribution in [0.5, 0.6) is 0 Å². The van der Waals surface area contributed by atoms with E-state index in [0.29, 0.717) is 12.0 Å². The fourth-order valence-electron chi connectivity index (χ4n) is 2.24. The molecule has 0 radical (unpaired) electrons. The van der Waals surface area contributed by atoms with Crippen molar-refractivity contribution in [1.82, 2.24) is 0 Å². The summed E-state index contributed by atoms with van der Waals surface area (Å²) >= 11 is 9.45. The summed E-state index contributed by atoms with van der Waals surface area (Å²) in [6.07, 6.45) is 2.69. The van der Waals surface area contributed by atoms with Gasteiger partial charge in [0, 0.05) is 30.6 Å². The molecule has 1 heterocycles. The van der Waals surface area contributed by atoms with Gasteiger partial charge in [-0.05, 0) is 46.5 Å². The molecular weight excluding hydrogens is 302 g/mol. The molecule has 1 aromatic carbocycles. The number of alkyl halides is 1. The molecule has 1 fully saturated rings. The number of nitrogens with zero attached hydrogens (tertiary/aromatic N) is 1. The molecule has 0 saturated carbocycles. The topological polar surface area (TPSA) is 12.5 Å². The quantitative estimate of drug-likeness (QED) is 0.786. The number of anilines is 1. The van der Waals surface area contributed by atoms with Crippen LogP contribution in [0, 0.1) is 0 Å². The average molecular weight is 319 g/mol. The van der Waals surface area contributed by atoms with E-state index in [-0.39, 0.29) is 0 Å². The van der Waals surface area contributed by atoms with Gasteiger partial charge in [-0.15, -0.1) is 11.6 Å². The van der Waals surface area contributed by atoms with Crippen LogP contribution in [0.1, 0.15) is 18.4 Å². The van der Waals surface area contributed by atoms with Crippen molar-refractivity contribution in [3.05, 3.63) is 28.2 Å². The van der Waals surface area contributed by atoms with Crippen molar-refractivity contribution in [2.24, 2.45) is 0 Å². The molecule has 1 atom stereocenters. The molecule has 94 valence electrons. The first-order chi connectivity index (χ1) is 8.24. The number of hydrogen-bond acceptors (Lipinski definition) is 2. The van der Waals surface area contributed by atoms with Crippen molar-refractivity contribution >= 4 is 33.2 Å². The lowest BCUT2D eigenvalue weighted by molar-refractivity contribution is 0.0893. The molecule has 1 aromatic rings. The summed E-state index contributed by atoms with van der Waals surface area (Å²) < 4.78 is 6.57. The predicted molar refractivity (Wildman–Crippen MR) is 75.9 cm³/mol. The van der Waals surface area contributed by atoms with Crippen LogP contribution in [0.2, 0.25) is 0 Å². The maximum atomic E-state index is 5.83. The van der Waals surface area contributed by atoms with Gasteiger partial charge in [-0.2, -0.15) is 0 Å². The van der Waals surface area contributed by atoms with E-state index in [2.05, 4.69) is 39.0 Å². The normalized spacial score (nSPS) is 20.6. The van der Waals surface area contributed by atoms with Crippen molar-refractivity contribution in [2.45, 2.75) is 24.8 Å². The zero-order valence-electron chi connectivity index (χ0n) is 9.96. The Bertz CT molecular complexity index is 386. The number of hydrogen-bond donors (Lipinski definition) is 0. The van der Waals surface area contributed by atoms with Crippen LogP contribution in [0.15, 0.2) is 22.7 Å². The third-order valence-electron chi connectivity index (χ3n) is 3.22. The summed E-state index contributed by atoms with van der Waals surface area (Å²) in [4.78, 5) is 2.37. The first-order valence-corrected chi connectivity index (χ1v) is 7.19. The van der Waals surface area contributed by atoms with E-state index in [4.69, 9.17) is 16.3 Å². The lowest BCUT2D eigenvalue weighted by Crippen LogP contribution is -2.39. The minimum atomic E-state index is 0.350. The molecule has 0 N–H and O–H groups in total. The van der Waals surface area contributed by atoms with Crippen LogP contribution in [0.25, 0.3) is 0 Å². The number of methoxy groups -OCH3 is 1. The Morgan fingerprint density at radius 2 is 2.35 bits per heavy atom. The van der Waals surface area contributed by atoms with Gasteiger partial charge in [-0.25, -0.2) is 0 Å². The number of rotatable bonds is 3. The minimum Gasteiger partial charge on any atom is -0.380 e. The number of piperidine rings is 1. The Hall–Kier alpha value is -0.250. The molecule has 1 unspecified atom stereocenters. The predicted octanol–water partition coefficient (Wildman–Crippen LogP) is 3.80. The lowest BCUT2D eigenvalue weighted by Gasteiger charge is -2.34. The van der Waals surface area contributed by atoms with E-state index in [9.17, 15) is 0 Å². The highest BCUT2D eigenvalue weighted by atomic mass is 79.9. The van der Waals surface area contributed by atoms with Gasteiger partial charge >= 0.3 is 0 Å². The van der Waals surface area contributed by atoms with Crippen LogP contribution in [0.3, 0.4) is 0 Å². The van der Waals surface area contributed by atoms with Gasteiger partial charge in [0.1, 0.15) is 0 Å². The van der Waals surface area contributed by atoms with Crippen LogP contribution < -0.4 is 4.90 Å². The Kier molecular flexibility index (Phi) is 4.71. The highest BCUT2D eigenvalue weighted by Gasteiger charge is 2.20. The number of ether oxygens (including phenoxy) is 1. The molecule has 0 amide bonds. The van der Waals surface area contributed by atoms with Crippen LogP contribution in [-0.4, -0.2) is 26.3 Å². The Morgan fingerprint density at radius 3 is 3.00 bits per heavy atom. The molecule has 2 nitrogen and oxygen atoms in total. The van der Waals surface area contributed by atoms with E-state index in [0.717, 1.165) is 29.5 Å². The zero-order chi connectivity index (χ0) is 12.3. The Labute approximate surface area is 116 Å². The first-order valence-electron chi connectivity index (χ1n) is 5.86. The number of halogens is 2. The van der Waals surface area contributed by atoms with Crippen molar-refractivity contribution in [3.8, 4) is 0 Å². The molecule has 0 aliphatic carbocycles. The molecule has 4 heteroatoms. The van der Waals surface area contributed by atoms with Crippen molar-refractivity contribution < 1.29 is 4.74 Å². The van der Waals surface area contributed by atoms with Gasteiger partial charge in [0.05, 0.1) is 11.8 Å². The van der Waals surface area contributed by atoms with Crippen LogP contribution in [-0.2, 0) is 10.6 Å².